The van der Waals surface area contributed by atoms with E-state index in [2.05, 4.69) is 0 Å². The highest BCUT2D eigenvalue weighted by molar-refractivity contribution is 5.81. The number of nitrogens with zero attached hydrogens (tertiary/aromatic N) is 2. The van der Waals surface area contributed by atoms with Crippen molar-refractivity contribution in [2.75, 3.05) is 0 Å². The quantitative estimate of drug-likeness (QED) is 0.657. The highest BCUT2D eigenvalue weighted by Gasteiger charge is 2.06. The third kappa shape index (κ3) is 1.78. The van der Waals surface area contributed by atoms with E-state index in [-0.39, 0.29) is 6.42 Å². The van der Waals surface area contributed by atoms with E-state index in [0.717, 1.165) is 11.1 Å². The van der Waals surface area contributed by atoms with Gasteiger partial charge in [-0.05, 0) is 24.1 Å². The molecule has 14 heavy (non-hydrogen) atoms. The summed E-state index contributed by atoms with van der Waals surface area (Å²) in [4.78, 5) is 10.7. The molecule has 0 aliphatic heterocycles. The molecule has 3 nitrogen and oxygen atoms in total. The van der Waals surface area contributed by atoms with Gasteiger partial charge < -0.3 is 0 Å². The molecule has 0 fully saturated rings. The first-order valence-corrected chi connectivity index (χ1v) is 4.08. The average molecular weight is 184 g/mol. The monoisotopic (exact) mass is 184 g/mol. The van der Waals surface area contributed by atoms with E-state index in [0.29, 0.717) is 17.4 Å². The van der Waals surface area contributed by atoms with Crippen molar-refractivity contribution in [3.63, 3.8) is 0 Å². The molecule has 0 atom stereocenters. The molecule has 0 bridgehead atoms. The van der Waals surface area contributed by atoms with Gasteiger partial charge in [0.2, 0.25) is 0 Å². The lowest BCUT2D eigenvalue weighted by Crippen LogP contribution is -1.95. The lowest BCUT2D eigenvalue weighted by Gasteiger charge is -2.03. The standard InChI is InChI=1S/C11H8N2O/c1-8-4-9(2-3-12)5-10(6-13)11(8)7-14/h4-5,7H,2H2,1H3. The van der Waals surface area contributed by atoms with Gasteiger partial charge in [-0.2, -0.15) is 10.5 Å². The van der Waals surface area contributed by atoms with E-state index in [9.17, 15) is 4.79 Å². The summed E-state index contributed by atoms with van der Waals surface area (Å²) in [7, 11) is 0. The Hall–Kier alpha value is -2.13. The van der Waals surface area contributed by atoms with Gasteiger partial charge in [0, 0.05) is 5.56 Å². The van der Waals surface area contributed by atoms with Gasteiger partial charge in [0.05, 0.1) is 24.1 Å². The van der Waals surface area contributed by atoms with Crippen molar-refractivity contribution in [2.45, 2.75) is 13.3 Å². The Balaban J connectivity index is 3.34. The largest absolute Gasteiger partial charge is 0.298 e. The molecule has 0 N–H and O–H groups in total. The van der Waals surface area contributed by atoms with Crippen LogP contribution in [0.25, 0.3) is 0 Å². The van der Waals surface area contributed by atoms with E-state index in [1.807, 2.05) is 12.1 Å². The fourth-order valence-corrected chi connectivity index (χ4v) is 1.32. The van der Waals surface area contributed by atoms with Crippen LogP contribution in [0.3, 0.4) is 0 Å². The molecular formula is C11H8N2O. The first-order valence-electron chi connectivity index (χ1n) is 4.08. The maximum Gasteiger partial charge on any atom is 0.151 e. The van der Waals surface area contributed by atoms with Crippen LogP contribution >= 0.6 is 0 Å². The number of hydrogen-bond donors (Lipinski definition) is 0. The summed E-state index contributed by atoms with van der Waals surface area (Å²) in [6.45, 7) is 1.76. The molecule has 1 aromatic rings. The average Bonchev–Trinajstić information content (AvgIpc) is 2.17. The Kier molecular flexibility index (Phi) is 2.99. The van der Waals surface area contributed by atoms with Gasteiger partial charge in [0.1, 0.15) is 0 Å². The maximum absolute atomic E-state index is 10.7. The van der Waals surface area contributed by atoms with E-state index in [4.69, 9.17) is 10.5 Å². The van der Waals surface area contributed by atoms with Gasteiger partial charge in [-0.15, -0.1) is 0 Å². The molecule has 1 aromatic carbocycles. The van der Waals surface area contributed by atoms with Crippen molar-refractivity contribution >= 4 is 6.29 Å². The number of benzene rings is 1. The smallest absolute Gasteiger partial charge is 0.151 e. The predicted molar refractivity (Wildman–Crippen MR) is 50.6 cm³/mol. The molecule has 0 aliphatic rings. The van der Waals surface area contributed by atoms with Crippen LogP contribution in [0.2, 0.25) is 0 Å². The molecular weight excluding hydrogens is 176 g/mol. The van der Waals surface area contributed by atoms with Crippen LogP contribution in [0, 0.1) is 29.6 Å². The zero-order chi connectivity index (χ0) is 10.6. The minimum atomic E-state index is 0.259. The minimum absolute atomic E-state index is 0.259. The number of aryl methyl sites for hydroxylation is 1. The van der Waals surface area contributed by atoms with Gasteiger partial charge in [-0.1, -0.05) is 6.07 Å². The van der Waals surface area contributed by atoms with Crippen LogP contribution in [-0.2, 0) is 6.42 Å². The number of carbonyl (C=O) groups is 1. The Labute approximate surface area is 82.2 Å². The molecule has 0 aromatic heterocycles. The molecule has 0 radical (unpaired) electrons. The van der Waals surface area contributed by atoms with E-state index in [1.165, 1.54) is 0 Å². The van der Waals surface area contributed by atoms with E-state index < -0.39 is 0 Å². The predicted octanol–water partition coefficient (Wildman–Crippen LogP) is 1.75. The topological polar surface area (TPSA) is 64.7 Å². The van der Waals surface area contributed by atoms with Gasteiger partial charge in [0.25, 0.3) is 0 Å². The highest BCUT2D eigenvalue weighted by Crippen LogP contribution is 2.15. The zero-order valence-electron chi connectivity index (χ0n) is 7.74. The van der Waals surface area contributed by atoms with Crippen molar-refractivity contribution < 1.29 is 4.79 Å². The molecule has 0 spiro atoms. The molecule has 68 valence electrons. The second-order valence-electron chi connectivity index (χ2n) is 2.94. The number of hydrogen-bond acceptors (Lipinski definition) is 3. The third-order valence-electron chi connectivity index (χ3n) is 1.97. The molecule has 0 saturated carbocycles. The van der Waals surface area contributed by atoms with Crippen molar-refractivity contribution in [2.24, 2.45) is 0 Å². The van der Waals surface area contributed by atoms with Crippen molar-refractivity contribution in [3.8, 4) is 12.1 Å². The number of carbonyl (C=O) groups excluding carboxylic acids is 1. The Morgan fingerprint density at radius 1 is 1.43 bits per heavy atom. The minimum Gasteiger partial charge on any atom is -0.298 e. The summed E-state index contributed by atoms with van der Waals surface area (Å²) in [6, 6.07) is 7.29. The number of nitriles is 2. The first-order chi connectivity index (χ1) is 6.72. The van der Waals surface area contributed by atoms with Crippen LogP contribution in [-0.4, -0.2) is 6.29 Å². The van der Waals surface area contributed by atoms with Gasteiger partial charge >= 0.3 is 0 Å². The highest BCUT2D eigenvalue weighted by atomic mass is 16.1. The lowest BCUT2D eigenvalue weighted by atomic mass is 9.99. The number of aldehydes is 1. The van der Waals surface area contributed by atoms with Gasteiger partial charge in [0.15, 0.2) is 6.29 Å². The summed E-state index contributed by atoms with van der Waals surface area (Å²) in [5, 5.41) is 17.3. The Morgan fingerprint density at radius 2 is 2.14 bits per heavy atom. The van der Waals surface area contributed by atoms with Crippen molar-refractivity contribution in [3.05, 3.63) is 34.4 Å². The normalized spacial score (nSPS) is 8.79. The fraction of sp³-hybridized carbons (Fsp3) is 0.182. The third-order valence-corrected chi connectivity index (χ3v) is 1.97. The molecule has 0 heterocycles. The summed E-state index contributed by atoms with van der Waals surface area (Å²) < 4.78 is 0. The second kappa shape index (κ2) is 4.20. The Morgan fingerprint density at radius 3 is 2.64 bits per heavy atom. The van der Waals surface area contributed by atoms with E-state index in [1.54, 1.807) is 19.1 Å². The molecule has 3 heteroatoms. The fourth-order valence-electron chi connectivity index (χ4n) is 1.32. The Bertz CT molecular complexity index is 450. The van der Waals surface area contributed by atoms with E-state index >= 15 is 0 Å². The molecule has 0 amide bonds. The SMILES string of the molecule is Cc1cc(CC#N)cc(C#N)c1C=O. The summed E-state index contributed by atoms with van der Waals surface area (Å²) in [6.07, 6.45) is 0.929. The van der Waals surface area contributed by atoms with Crippen molar-refractivity contribution in [1.29, 1.82) is 10.5 Å². The van der Waals surface area contributed by atoms with Crippen LogP contribution in [0.5, 0.6) is 0 Å². The van der Waals surface area contributed by atoms with Crippen LogP contribution < -0.4 is 0 Å². The van der Waals surface area contributed by atoms with Crippen molar-refractivity contribution in [1.82, 2.24) is 0 Å². The molecule has 1 rings (SSSR count). The maximum atomic E-state index is 10.7. The zero-order valence-corrected chi connectivity index (χ0v) is 7.74. The lowest BCUT2D eigenvalue weighted by molar-refractivity contribution is 0.112. The summed E-state index contributed by atoms with van der Waals surface area (Å²) in [5.74, 6) is 0. The molecule has 0 aliphatic carbocycles. The van der Waals surface area contributed by atoms with Gasteiger partial charge in [-0.25, -0.2) is 0 Å². The van der Waals surface area contributed by atoms with Gasteiger partial charge in [-0.3, -0.25) is 4.79 Å². The summed E-state index contributed by atoms with van der Waals surface area (Å²) >= 11 is 0. The molecule has 0 unspecified atom stereocenters. The second-order valence-corrected chi connectivity index (χ2v) is 2.94. The van der Waals surface area contributed by atoms with Crippen LogP contribution in [0.1, 0.15) is 27.0 Å². The molecule has 0 saturated heterocycles. The van der Waals surface area contributed by atoms with Crippen LogP contribution in [0.4, 0.5) is 0 Å². The first kappa shape index (κ1) is 9.95. The summed E-state index contributed by atoms with van der Waals surface area (Å²) in [5.41, 5.74) is 2.26. The number of rotatable bonds is 2. The van der Waals surface area contributed by atoms with Crippen LogP contribution in [0.15, 0.2) is 12.1 Å².